The molecule has 6 rings (SSSR count). The fourth-order valence-corrected chi connectivity index (χ4v) is 5.85. The van der Waals surface area contributed by atoms with Gasteiger partial charge in [0.25, 0.3) is 0 Å². The van der Waals surface area contributed by atoms with Crippen LogP contribution >= 0.6 is 0 Å². The molecule has 38 heavy (non-hydrogen) atoms. The molecular weight excluding hydrogens is 482 g/mol. The highest BCUT2D eigenvalue weighted by atomic mass is 16.5. The maximum atomic E-state index is 13.9. The Morgan fingerprint density at radius 3 is 2.24 bits per heavy atom. The lowest BCUT2D eigenvalue weighted by Crippen LogP contribution is -2.46. The van der Waals surface area contributed by atoms with E-state index in [1.807, 2.05) is 41.4 Å². The van der Waals surface area contributed by atoms with Crippen LogP contribution in [0.15, 0.2) is 79.0 Å². The molecule has 3 aliphatic rings. The second kappa shape index (κ2) is 8.99. The number of nitrogens with one attached hydrogen (secondary N) is 1. The minimum atomic E-state index is -0.894. The van der Waals surface area contributed by atoms with E-state index in [0.717, 1.165) is 11.1 Å². The zero-order valence-electron chi connectivity index (χ0n) is 20.8. The van der Waals surface area contributed by atoms with Crippen molar-refractivity contribution >= 4 is 41.0 Å². The third kappa shape index (κ3) is 3.60. The number of ketones is 1. The molecule has 3 aromatic rings. The van der Waals surface area contributed by atoms with E-state index in [0.29, 0.717) is 22.7 Å². The number of rotatable bonds is 5. The molecule has 8 heteroatoms. The van der Waals surface area contributed by atoms with Gasteiger partial charge >= 0.3 is 0 Å². The van der Waals surface area contributed by atoms with Gasteiger partial charge in [-0.15, -0.1) is 0 Å². The van der Waals surface area contributed by atoms with Crippen LogP contribution in [0.4, 0.5) is 11.4 Å². The molecule has 0 aromatic heterocycles. The number of hydrogen-bond acceptors (Lipinski definition) is 6. The Kier molecular flexibility index (Phi) is 5.60. The minimum Gasteiger partial charge on any atom is -0.497 e. The summed E-state index contributed by atoms with van der Waals surface area (Å²) in [5, 5.41) is 2.93. The average Bonchev–Trinajstić information content (AvgIpc) is 3.41. The number of amides is 3. The number of ether oxygens (including phenoxy) is 1. The predicted octanol–water partition coefficient (Wildman–Crippen LogP) is 4.05. The summed E-state index contributed by atoms with van der Waals surface area (Å²) in [6, 6.07) is 19.7. The monoisotopic (exact) mass is 507 g/mol. The summed E-state index contributed by atoms with van der Waals surface area (Å²) in [6.07, 6.45) is 3.73. The van der Waals surface area contributed by atoms with Gasteiger partial charge in [-0.1, -0.05) is 24.3 Å². The molecule has 0 radical (unpaired) electrons. The van der Waals surface area contributed by atoms with Crippen molar-refractivity contribution in [1.82, 2.24) is 4.90 Å². The number of fused-ring (bicyclic) bond motifs is 5. The van der Waals surface area contributed by atoms with Gasteiger partial charge in [-0.2, -0.15) is 0 Å². The summed E-state index contributed by atoms with van der Waals surface area (Å²) < 4.78 is 5.20. The number of nitrogens with zero attached hydrogens (tertiary/aromatic N) is 2. The van der Waals surface area contributed by atoms with Crippen molar-refractivity contribution in [2.45, 2.75) is 19.0 Å². The molecule has 2 saturated heterocycles. The van der Waals surface area contributed by atoms with E-state index in [2.05, 4.69) is 5.32 Å². The van der Waals surface area contributed by atoms with Crippen molar-refractivity contribution in [3.05, 3.63) is 95.7 Å². The number of anilines is 2. The highest BCUT2D eigenvalue weighted by Crippen LogP contribution is 2.53. The standard InChI is InChI=1S/C30H25N3O5/c1-17(34)18-7-11-21(12-8-18)33-29(36)24-25(30(33)37)27(28(35)31-20-9-13-22(38-2)14-10-20)32-16-15-19-5-3-4-6-23(19)26(24)32/h3-16,24-27H,1-2H3,(H,31,35)/t24-,25+,26?,27-/m0/s1. The summed E-state index contributed by atoms with van der Waals surface area (Å²) >= 11 is 0. The van der Waals surface area contributed by atoms with Gasteiger partial charge in [0.2, 0.25) is 17.7 Å². The number of Topliss-reactive ketones (excluding diaryl/α,β-unsaturated/α-hetero) is 1. The van der Waals surface area contributed by atoms with Crippen LogP contribution in [0.2, 0.25) is 0 Å². The molecule has 2 fully saturated rings. The third-order valence-electron chi connectivity index (χ3n) is 7.62. The number of imide groups is 1. The Morgan fingerprint density at radius 1 is 0.868 bits per heavy atom. The van der Waals surface area contributed by atoms with E-state index in [4.69, 9.17) is 4.74 Å². The normalized spacial score (nSPS) is 23.1. The second-order valence-electron chi connectivity index (χ2n) is 9.67. The smallest absolute Gasteiger partial charge is 0.247 e. The summed E-state index contributed by atoms with van der Waals surface area (Å²) in [7, 11) is 1.56. The molecule has 1 unspecified atom stereocenters. The van der Waals surface area contributed by atoms with E-state index in [-0.39, 0.29) is 17.6 Å². The molecule has 0 saturated carbocycles. The Balaban J connectivity index is 1.40. The topological polar surface area (TPSA) is 96.0 Å². The van der Waals surface area contributed by atoms with Crippen molar-refractivity contribution in [2.24, 2.45) is 11.8 Å². The quantitative estimate of drug-likeness (QED) is 0.414. The molecule has 0 bridgehead atoms. The molecule has 8 nitrogen and oxygen atoms in total. The largest absolute Gasteiger partial charge is 0.497 e. The summed E-state index contributed by atoms with van der Waals surface area (Å²) in [5.41, 5.74) is 3.29. The number of hydrogen-bond donors (Lipinski definition) is 1. The van der Waals surface area contributed by atoms with Gasteiger partial charge in [0.1, 0.15) is 11.8 Å². The SMILES string of the molecule is COc1ccc(NC(=O)[C@@H]2[C@@H]3C(=O)N(c4ccc(C(C)=O)cc4)C(=O)[C@@H]3C3c4ccccc4C=CN32)cc1. The van der Waals surface area contributed by atoms with Gasteiger partial charge in [0.05, 0.1) is 30.7 Å². The molecule has 1 N–H and O–H groups in total. The van der Waals surface area contributed by atoms with Crippen LogP contribution in [-0.2, 0) is 14.4 Å². The summed E-state index contributed by atoms with van der Waals surface area (Å²) in [5.74, 6) is -2.22. The fourth-order valence-electron chi connectivity index (χ4n) is 5.85. The van der Waals surface area contributed by atoms with Crippen molar-refractivity contribution in [3.63, 3.8) is 0 Å². The van der Waals surface area contributed by atoms with Gasteiger partial charge < -0.3 is 15.0 Å². The molecule has 4 atom stereocenters. The van der Waals surface area contributed by atoms with E-state index < -0.39 is 29.8 Å². The van der Waals surface area contributed by atoms with Crippen LogP contribution in [0.5, 0.6) is 5.75 Å². The van der Waals surface area contributed by atoms with Crippen molar-refractivity contribution in [1.29, 1.82) is 0 Å². The molecular formula is C30H25N3O5. The second-order valence-corrected chi connectivity index (χ2v) is 9.67. The highest BCUT2D eigenvalue weighted by Gasteiger charge is 2.64. The van der Waals surface area contributed by atoms with Crippen LogP contribution in [0.1, 0.15) is 34.5 Å². The van der Waals surface area contributed by atoms with Crippen LogP contribution in [-0.4, -0.2) is 41.6 Å². The third-order valence-corrected chi connectivity index (χ3v) is 7.62. The highest BCUT2D eigenvalue weighted by molar-refractivity contribution is 6.24. The summed E-state index contributed by atoms with van der Waals surface area (Å²) in [6.45, 7) is 1.46. The van der Waals surface area contributed by atoms with E-state index in [9.17, 15) is 19.2 Å². The van der Waals surface area contributed by atoms with Crippen molar-refractivity contribution < 1.29 is 23.9 Å². The van der Waals surface area contributed by atoms with Crippen LogP contribution in [0, 0.1) is 11.8 Å². The lowest BCUT2D eigenvalue weighted by atomic mass is 9.84. The zero-order valence-corrected chi connectivity index (χ0v) is 20.8. The molecule has 3 amide bonds. The van der Waals surface area contributed by atoms with E-state index in [1.54, 1.807) is 55.6 Å². The lowest BCUT2D eigenvalue weighted by Gasteiger charge is -2.35. The van der Waals surface area contributed by atoms with Crippen LogP contribution in [0.25, 0.3) is 6.08 Å². The van der Waals surface area contributed by atoms with E-state index in [1.165, 1.54) is 11.8 Å². The Morgan fingerprint density at radius 2 is 1.55 bits per heavy atom. The number of carbonyl (C=O) groups is 4. The Bertz CT molecular complexity index is 1500. The number of carbonyl (C=O) groups excluding carboxylic acids is 4. The van der Waals surface area contributed by atoms with Gasteiger partial charge in [0, 0.05) is 17.5 Å². The van der Waals surface area contributed by atoms with Crippen LogP contribution < -0.4 is 15.0 Å². The first kappa shape index (κ1) is 23.7. The lowest BCUT2D eigenvalue weighted by molar-refractivity contribution is -0.128. The first-order valence-corrected chi connectivity index (χ1v) is 12.4. The van der Waals surface area contributed by atoms with E-state index >= 15 is 0 Å². The molecule has 3 heterocycles. The fraction of sp³-hybridized carbons (Fsp3) is 0.200. The Hall–Kier alpha value is -4.72. The minimum absolute atomic E-state index is 0.107. The molecule has 190 valence electrons. The average molecular weight is 508 g/mol. The first-order valence-electron chi connectivity index (χ1n) is 12.4. The predicted molar refractivity (Wildman–Crippen MR) is 141 cm³/mol. The zero-order chi connectivity index (χ0) is 26.6. The van der Waals surface area contributed by atoms with Crippen LogP contribution in [0.3, 0.4) is 0 Å². The first-order chi connectivity index (χ1) is 18.4. The van der Waals surface area contributed by atoms with Gasteiger partial charge in [-0.05, 0) is 72.7 Å². The maximum absolute atomic E-state index is 13.9. The maximum Gasteiger partial charge on any atom is 0.247 e. The number of benzene rings is 3. The number of methoxy groups -OCH3 is 1. The molecule has 0 aliphatic carbocycles. The molecule has 0 spiro atoms. The van der Waals surface area contributed by atoms with Gasteiger partial charge in [0.15, 0.2) is 5.78 Å². The Labute approximate surface area is 219 Å². The van der Waals surface area contributed by atoms with Crippen molar-refractivity contribution in [2.75, 3.05) is 17.3 Å². The molecule has 3 aromatic carbocycles. The van der Waals surface area contributed by atoms with Crippen molar-refractivity contribution in [3.8, 4) is 5.75 Å². The summed E-state index contributed by atoms with van der Waals surface area (Å²) in [4.78, 5) is 56.3. The van der Waals surface area contributed by atoms with Gasteiger partial charge in [-0.25, -0.2) is 4.90 Å². The molecule has 3 aliphatic heterocycles. The van der Waals surface area contributed by atoms with Gasteiger partial charge in [-0.3, -0.25) is 19.2 Å².